The lowest BCUT2D eigenvalue weighted by Gasteiger charge is -2.20. The largest absolute Gasteiger partial charge is 0.490 e. The monoisotopic (exact) mass is 220 g/mol. The zero-order valence-corrected chi connectivity index (χ0v) is 10.5. The van der Waals surface area contributed by atoms with E-state index in [1.54, 1.807) is 0 Å². The molecule has 0 aromatic heterocycles. The van der Waals surface area contributed by atoms with Crippen molar-refractivity contribution in [2.24, 2.45) is 0 Å². The van der Waals surface area contributed by atoms with E-state index in [0.29, 0.717) is 6.10 Å². The summed E-state index contributed by atoms with van der Waals surface area (Å²) in [5, 5.41) is 0. The van der Waals surface area contributed by atoms with Gasteiger partial charge in [-0.25, -0.2) is 0 Å². The van der Waals surface area contributed by atoms with Crippen LogP contribution < -0.4 is 14.5 Å². The van der Waals surface area contributed by atoms with Crippen molar-refractivity contribution in [2.75, 3.05) is 38.0 Å². The molecule has 0 amide bonds. The molecule has 1 aliphatic carbocycles. The normalized spacial score (nSPS) is 14.8. The van der Waals surface area contributed by atoms with Gasteiger partial charge >= 0.3 is 0 Å². The molecule has 0 spiro atoms. The Morgan fingerprint density at radius 1 is 0.938 bits per heavy atom. The van der Waals surface area contributed by atoms with Crippen LogP contribution in [0.1, 0.15) is 12.8 Å². The van der Waals surface area contributed by atoms with Crippen LogP contribution in [0.2, 0.25) is 0 Å². The molecular formula is C13H20N2O. The molecule has 0 atom stereocenters. The summed E-state index contributed by atoms with van der Waals surface area (Å²) in [6, 6.07) is 6.37. The Hall–Kier alpha value is -1.38. The topological polar surface area (TPSA) is 15.7 Å². The first kappa shape index (κ1) is 11.1. The third-order valence-corrected chi connectivity index (χ3v) is 2.74. The van der Waals surface area contributed by atoms with Gasteiger partial charge in [-0.2, -0.15) is 0 Å². The van der Waals surface area contributed by atoms with Crippen LogP contribution in [-0.2, 0) is 0 Å². The Kier molecular flexibility index (Phi) is 2.95. The summed E-state index contributed by atoms with van der Waals surface area (Å²) in [6.07, 6.45) is 2.85. The number of hydrogen-bond donors (Lipinski definition) is 0. The fraction of sp³-hybridized carbons (Fsp3) is 0.538. The molecule has 0 heterocycles. The Balaban J connectivity index is 2.27. The van der Waals surface area contributed by atoms with Gasteiger partial charge in [0.05, 0.1) is 6.10 Å². The molecule has 0 N–H and O–H groups in total. The molecule has 1 saturated carbocycles. The minimum Gasteiger partial charge on any atom is -0.490 e. The van der Waals surface area contributed by atoms with E-state index >= 15 is 0 Å². The second kappa shape index (κ2) is 4.24. The number of ether oxygens (including phenoxy) is 1. The Labute approximate surface area is 97.6 Å². The number of anilines is 2. The molecular weight excluding hydrogens is 200 g/mol. The lowest BCUT2D eigenvalue weighted by Crippen LogP contribution is -2.13. The summed E-state index contributed by atoms with van der Waals surface area (Å²) in [6.45, 7) is 0. The Bertz CT molecular complexity index is 344. The van der Waals surface area contributed by atoms with Crippen molar-refractivity contribution in [1.29, 1.82) is 0 Å². The first-order chi connectivity index (χ1) is 7.56. The van der Waals surface area contributed by atoms with E-state index in [9.17, 15) is 0 Å². The molecule has 1 fully saturated rings. The molecule has 0 saturated heterocycles. The van der Waals surface area contributed by atoms with Crippen molar-refractivity contribution in [1.82, 2.24) is 0 Å². The third kappa shape index (κ3) is 2.60. The van der Waals surface area contributed by atoms with Crippen LogP contribution in [-0.4, -0.2) is 34.3 Å². The Morgan fingerprint density at radius 2 is 1.44 bits per heavy atom. The molecule has 0 radical (unpaired) electrons. The van der Waals surface area contributed by atoms with Gasteiger partial charge in [0.1, 0.15) is 5.75 Å². The number of rotatable bonds is 4. The molecule has 88 valence electrons. The fourth-order valence-electron chi connectivity index (χ4n) is 1.53. The molecule has 0 unspecified atom stereocenters. The zero-order chi connectivity index (χ0) is 11.7. The smallest absolute Gasteiger partial charge is 0.123 e. The van der Waals surface area contributed by atoms with Crippen molar-refractivity contribution in [3.05, 3.63) is 18.2 Å². The molecule has 1 aliphatic rings. The van der Waals surface area contributed by atoms with E-state index < -0.39 is 0 Å². The van der Waals surface area contributed by atoms with Crippen LogP contribution >= 0.6 is 0 Å². The first-order valence-electron chi connectivity index (χ1n) is 5.72. The molecule has 3 heteroatoms. The van der Waals surface area contributed by atoms with Crippen LogP contribution in [0.3, 0.4) is 0 Å². The SMILES string of the molecule is CN(C)c1cc(OC2CC2)cc(N(C)C)c1. The predicted octanol–water partition coefficient (Wildman–Crippen LogP) is 2.36. The van der Waals surface area contributed by atoms with Gasteiger partial charge in [0.15, 0.2) is 0 Å². The van der Waals surface area contributed by atoms with E-state index in [2.05, 4.69) is 56.2 Å². The minimum absolute atomic E-state index is 0.451. The van der Waals surface area contributed by atoms with Gasteiger partial charge in [-0.05, 0) is 18.9 Å². The standard InChI is InChI=1S/C13H20N2O/c1-14(2)10-7-11(15(3)4)9-13(8-10)16-12-5-6-12/h7-9,12H,5-6H2,1-4H3. The summed E-state index contributed by atoms with van der Waals surface area (Å²) >= 11 is 0. The summed E-state index contributed by atoms with van der Waals surface area (Å²) in [4.78, 5) is 4.21. The van der Waals surface area contributed by atoms with Crippen LogP contribution in [0.4, 0.5) is 11.4 Å². The average molecular weight is 220 g/mol. The van der Waals surface area contributed by atoms with Crippen LogP contribution in [0, 0.1) is 0 Å². The van der Waals surface area contributed by atoms with Gasteiger partial charge in [0, 0.05) is 51.7 Å². The second-order valence-electron chi connectivity index (χ2n) is 4.79. The number of nitrogens with zero attached hydrogens (tertiary/aromatic N) is 2. The quantitative estimate of drug-likeness (QED) is 0.774. The van der Waals surface area contributed by atoms with Crippen LogP contribution in [0.15, 0.2) is 18.2 Å². The minimum atomic E-state index is 0.451. The lowest BCUT2D eigenvalue weighted by molar-refractivity contribution is 0.303. The van der Waals surface area contributed by atoms with Crippen molar-refractivity contribution in [3.8, 4) is 5.75 Å². The maximum Gasteiger partial charge on any atom is 0.123 e. The van der Waals surface area contributed by atoms with E-state index in [4.69, 9.17) is 4.74 Å². The summed E-state index contributed by atoms with van der Waals surface area (Å²) < 4.78 is 5.85. The third-order valence-electron chi connectivity index (χ3n) is 2.74. The highest BCUT2D eigenvalue weighted by molar-refractivity contribution is 5.62. The molecule has 1 aromatic rings. The number of hydrogen-bond acceptors (Lipinski definition) is 3. The average Bonchev–Trinajstić information content (AvgIpc) is 3.01. The zero-order valence-electron chi connectivity index (χ0n) is 10.5. The molecule has 0 aliphatic heterocycles. The van der Waals surface area contributed by atoms with E-state index in [0.717, 1.165) is 5.75 Å². The molecule has 1 aromatic carbocycles. The van der Waals surface area contributed by atoms with E-state index in [1.165, 1.54) is 24.2 Å². The van der Waals surface area contributed by atoms with Crippen molar-refractivity contribution in [2.45, 2.75) is 18.9 Å². The lowest BCUT2D eigenvalue weighted by atomic mass is 10.2. The fourth-order valence-corrected chi connectivity index (χ4v) is 1.53. The molecule has 0 bridgehead atoms. The highest BCUT2D eigenvalue weighted by atomic mass is 16.5. The van der Waals surface area contributed by atoms with E-state index in [-0.39, 0.29) is 0 Å². The predicted molar refractivity (Wildman–Crippen MR) is 68.7 cm³/mol. The summed E-state index contributed by atoms with van der Waals surface area (Å²) in [5.41, 5.74) is 2.36. The maximum atomic E-state index is 5.85. The van der Waals surface area contributed by atoms with E-state index in [1.807, 2.05) is 0 Å². The van der Waals surface area contributed by atoms with Crippen LogP contribution in [0.25, 0.3) is 0 Å². The summed E-state index contributed by atoms with van der Waals surface area (Å²) in [7, 11) is 8.21. The molecule has 2 rings (SSSR count). The molecule has 16 heavy (non-hydrogen) atoms. The second-order valence-corrected chi connectivity index (χ2v) is 4.79. The van der Waals surface area contributed by atoms with Crippen LogP contribution in [0.5, 0.6) is 5.75 Å². The first-order valence-corrected chi connectivity index (χ1v) is 5.72. The number of benzene rings is 1. The van der Waals surface area contributed by atoms with Gasteiger partial charge in [-0.3, -0.25) is 0 Å². The van der Waals surface area contributed by atoms with Gasteiger partial charge in [-0.1, -0.05) is 0 Å². The Morgan fingerprint density at radius 3 is 1.81 bits per heavy atom. The van der Waals surface area contributed by atoms with Crippen molar-refractivity contribution >= 4 is 11.4 Å². The van der Waals surface area contributed by atoms with Gasteiger partial charge in [0.25, 0.3) is 0 Å². The van der Waals surface area contributed by atoms with Gasteiger partial charge < -0.3 is 14.5 Å². The van der Waals surface area contributed by atoms with Crippen molar-refractivity contribution in [3.63, 3.8) is 0 Å². The van der Waals surface area contributed by atoms with Gasteiger partial charge in [0.2, 0.25) is 0 Å². The highest BCUT2D eigenvalue weighted by Crippen LogP contribution is 2.32. The van der Waals surface area contributed by atoms with Gasteiger partial charge in [-0.15, -0.1) is 0 Å². The highest BCUT2D eigenvalue weighted by Gasteiger charge is 2.23. The summed E-state index contributed by atoms with van der Waals surface area (Å²) in [5.74, 6) is 0.984. The molecule has 3 nitrogen and oxygen atoms in total. The maximum absolute atomic E-state index is 5.85. The van der Waals surface area contributed by atoms with Crippen molar-refractivity contribution < 1.29 is 4.74 Å².